The summed E-state index contributed by atoms with van der Waals surface area (Å²) in [6.45, 7) is 3.93. The molecule has 1 aromatic rings. The second-order valence-electron chi connectivity index (χ2n) is 5.21. The van der Waals surface area contributed by atoms with E-state index < -0.39 is 11.9 Å². The molecule has 0 bridgehead atoms. The number of hydrogen-bond donors (Lipinski definition) is 1. The van der Waals surface area contributed by atoms with Crippen LogP contribution in [0.4, 0.5) is 19.0 Å². The van der Waals surface area contributed by atoms with Crippen molar-refractivity contribution < 1.29 is 13.2 Å². The summed E-state index contributed by atoms with van der Waals surface area (Å²) >= 11 is 4.93. The number of piperazine rings is 1. The Balaban J connectivity index is 2.42. The Morgan fingerprint density at radius 2 is 2.05 bits per heavy atom. The lowest BCUT2D eigenvalue weighted by molar-refractivity contribution is -0.141. The molecule has 21 heavy (non-hydrogen) atoms. The zero-order chi connectivity index (χ0) is 15.8. The molecule has 2 N–H and O–H groups in total. The van der Waals surface area contributed by atoms with E-state index in [0.717, 1.165) is 12.6 Å². The minimum absolute atomic E-state index is 0.0535. The minimum atomic E-state index is -4.48. The van der Waals surface area contributed by atoms with Crippen molar-refractivity contribution in [2.24, 2.45) is 5.73 Å². The largest absolute Gasteiger partial charge is 0.433 e. The summed E-state index contributed by atoms with van der Waals surface area (Å²) in [5, 5.41) is 0. The molecule has 1 saturated heterocycles. The summed E-state index contributed by atoms with van der Waals surface area (Å²) in [6.07, 6.45) is -4.48. The Hall–Kier alpha value is -1.41. The van der Waals surface area contributed by atoms with Crippen LogP contribution in [0.3, 0.4) is 0 Å². The maximum Gasteiger partial charge on any atom is 0.433 e. The summed E-state index contributed by atoms with van der Waals surface area (Å²) in [6, 6.07) is 2.43. The lowest BCUT2D eigenvalue weighted by atomic mass is 10.1. The third-order valence-electron chi connectivity index (χ3n) is 3.69. The SMILES string of the molecule is CC1CN(c2nc(C(F)(F)F)ccc2C(N)=S)CCN1C. The number of halogens is 3. The predicted octanol–water partition coefficient (Wildman–Crippen LogP) is 1.87. The van der Waals surface area contributed by atoms with Crippen LogP contribution in [0.25, 0.3) is 0 Å². The molecule has 0 saturated carbocycles. The van der Waals surface area contributed by atoms with Crippen LogP contribution >= 0.6 is 12.2 Å². The Bertz CT molecular complexity index is 547. The second kappa shape index (κ2) is 5.76. The van der Waals surface area contributed by atoms with Crippen LogP contribution in [0, 0.1) is 0 Å². The molecule has 1 aromatic heterocycles. The van der Waals surface area contributed by atoms with E-state index in [4.69, 9.17) is 18.0 Å². The predicted molar refractivity (Wildman–Crippen MR) is 79.4 cm³/mol. The first kappa shape index (κ1) is 16.0. The number of nitrogens with two attached hydrogens (primary N) is 1. The van der Waals surface area contributed by atoms with Crippen LogP contribution in [-0.4, -0.2) is 47.6 Å². The summed E-state index contributed by atoms with van der Waals surface area (Å²) in [5.41, 5.74) is 5.07. The van der Waals surface area contributed by atoms with Crippen molar-refractivity contribution >= 4 is 23.0 Å². The maximum absolute atomic E-state index is 12.9. The molecule has 1 aliphatic rings. The minimum Gasteiger partial charge on any atom is -0.389 e. The van der Waals surface area contributed by atoms with E-state index in [2.05, 4.69) is 9.88 Å². The van der Waals surface area contributed by atoms with Crippen LogP contribution < -0.4 is 10.6 Å². The monoisotopic (exact) mass is 318 g/mol. The molecule has 2 heterocycles. The Morgan fingerprint density at radius 1 is 1.38 bits per heavy atom. The number of thiocarbonyl (C=S) groups is 1. The number of alkyl halides is 3. The van der Waals surface area contributed by atoms with E-state index in [9.17, 15) is 13.2 Å². The molecule has 0 radical (unpaired) electrons. The van der Waals surface area contributed by atoms with E-state index >= 15 is 0 Å². The first-order chi connectivity index (χ1) is 9.70. The van der Waals surface area contributed by atoms with Crippen molar-refractivity contribution in [2.45, 2.75) is 19.1 Å². The number of pyridine rings is 1. The zero-order valence-corrected chi connectivity index (χ0v) is 12.6. The normalized spacial score (nSPS) is 20.6. The standard InChI is InChI=1S/C13H17F3N4S/c1-8-7-20(6-5-19(8)2)12-9(11(17)21)3-4-10(18-12)13(14,15)16/h3-4,8H,5-7H2,1-2H3,(H2,17,21). The summed E-state index contributed by atoms with van der Waals surface area (Å²) in [7, 11) is 1.98. The van der Waals surface area contributed by atoms with Crippen molar-refractivity contribution in [3.8, 4) is 0 Å². The molecule has 0 amide bonds. The van der Waals surface area contributed by atoms with Gasteiger partial charge in [-0.15, -0.1) is 0 Å². The highest BCUT2D eigenvalue weighted by molar-refractivity contribution is 7.80. The van der Waals surface area contributed by atoms with Gasteiger partial charge in [-0.3, -0.25) is 0 Å². The van der Waals surface area contributed by atoms with Crippen molar-refractivity contribution in [1.82, 2.24) is 9.88 Å². The molecule has 4 nitrogen and oxygen atoms in total. The van der Waals surface area contributed by atoms with Gasteiger partial charge in [0, 0.05) is 25.7 Å². The number of hydrogen-bond acceptors (Lipinski definition) is 4. The van der Waals surface area contributed by atoms with Gasteiger partial charge in [0.15, 0.2) is 0 Å². The second-order valence-corrected chi connectivity index (χ2v) is 5.65. The molecular formula is C13H17F3N4S. The van der Waals surface area contributed by atoms with Crippen molar-refractivity contribution in [2.75, 3.05) is 31.6 Å². The topological polar surface area (TPSA) is 45.4 Å². The molecule has 116 valence electrons. The van der Waals surface area contributed by atoms with Crippen LogP contribution in [0.1, 0.15) is 18.2 Å². The number of nitrogens with zero attached hydrogens (tertiary/aromatic N) is 3. The molecule has 0 spiro atoms. The molecule has 2 rings (SSSR count). The molecule has 1 aliphatic heterocycles. The van der Waals surface area contributed by atoms with Gasteiger partial charge in [0.05, 0.1) is 5.56 Å². The van der Waals surface area contributed by atoms with Gasteiger partial charge in [0.25, 0.3) is 0 Å². The lowest BCUT2D eigenvalue weighted by Gasteiger charge is -2.39. The maximum atomic E-state index is 12.9. The number of anilines is 1. The highest BCUT2D eigenvalue weighted by atomic mass is 32.1. The van der Waals surface area contributed by atoms with Gasteiger partial charge in [-0.25, -0.2) is 4.98 Å². The molecule has 0 aromatic carbocycles. The van der Waals surface area contributed by atoms with Gasteiger partial charge < -0.3 is 15.5 Å². The molecule has 1 unspecified atom stereocenters. The highest BCUT2D eigenvalue weighted by Gasteiger charge is 2.34. The summed E-state index contributed by atoms with van der Waals surface area (Å²) in [4.78, 5) is 7.77. The fourth-order valence-electron chi connectivity index (χ4n) is 2.28. The van der Waals surface area contributed by atoms with E-state index in [1.54, 1.807) is 0 Å². The Morgan fingerprint density at radius 3 is 2.57 bits per heavy atom. The van der Waals surface area contributed by atoms with E-state index in [-0.39, 0.29) is 16.8 Å². The summed E-state index contributed by atoms with van der Waals surface area (Å²) < 4.78 is 38.6. The average Bonchev–Trinajstić information content (AvgIpc) is 2.40. The molecule has 1 fully saturated rings. The van der Waals surface area contributed by atoms with Gasteiger partial charge in [-0.1, -0.05) is 12.2 Å². The van der Waals surface area contributed by atoms with Crippen molar-refractivity contribution in [3.63, 3.8) is 0 Å². The van der Waals surface area contributed by atoms with Gasteiger partial charge in [0.1, 0.15) is 16.5 Å². The Kier molecular flexibility index (Phi) is 4.38. The van der Waals surface area contributed by atoms with Gasteiger partial charge in [-0.05, 0) is 26.1 Å². The highest BCUT2D eigenvalue weighted by Crippen LogP contribution is 2.31. The first-order valence-electron chi connectivity index (χ1n) is 6.53. The van der Waals surface area contributed by atoms with Gasteiger partial charge in [-0.2, -0.15) is 13.2 Å². The summed E-state index contributed by atoms with van der Waals surface area (Å²) in [5.74, 6) is 0.220. The van der Waals surface area contributed by atoms with E-state index in [1.807, 2.05) is 18.9 Å². The average molecular weight is 318 g/mol. The lowest BCUT2D eigenvalue weighted by Crippen LogP contribution is -2.50. The third-order valence-corrected chi connectivity index (χ3v) is 3.91. The number of aromatic nitrogens is 1. The van der Waals surface area contributed by atoms with Crippen LogP contribution in [-0.2, 0) is 6.18 Å². The first-order valence-corrected chi connectivity index (χ1v) is 6.94. The van der Waals surface area contributed by atoms with Gasteiger partial charge in [0.2, 0.25) is 0 Å². The Labute approximate surface area is 126 Å². The van der Waals surface area contributed by atoms with Crippen LogP contribution in [0.15, 0.2) is 12.1 Å². The third kappa shape index (κ3) is 3.44. The van der Waals surface area contributed by atoms with Gasteiger partial charge >= 0.3 is 6.18 Å². The molecular weight excluding hydrogens is 301 g/mol. The number of rotatable bonds is 2. The zero-order valence-electron chi connectivity index (χ0n) is 11.8. The smallest absolute Gasteiger partial charge is 0.389 e. The number of likely N-dealkylation sites (N-methyl/N-ethyl adjacent to an activating group) is 1. The van der Waals surface area contributed by atoms with Crippen molar-refractivity contribution in [3.05, 3.63) is 23.4 Å². The van der Waals surface area contributed by atoms with E-state index in [0.29, 0.717) is 18.7 Å². The fraction of sp³-hybridized carbons (Fsp3) is 0.538. The van der Waals surface area contributed by atoms with Crippen LogP contribution in [0.2, 0.25) is 0 Å². The van der Waals surface area contributed by atoms with Crippen molar-refractivity contribution in [1.29, 1.82) is 0 Å². The van der Waals surface area contributed by atoms with E-state index in [1.165, 1.54) is 6.07 Å². The molecule has 1 atom stereocenters. The molecule has 8 heteroatoms. The molecule has 0 aliphatic carbocycles. The fourth-order valence-corrected chi connectivity index (χ4v) is 2.44. The van der Waals surface area contributed by atoms with Crippen LogP contribution in [0.5, 0.6) is 0 Å². The quantitative estimate of drug-likeness (QED) is 0.844.